The highest BCUT2D eigenvalue weighted by Gasteiger charge is 2.12. The first-order valence-electron chi connectivity index (χ1n) is 8.51. The summed E-state index contributed by atoms with van der Waals surface area (Å²) in [6, 6.07) is 16.6. The summed E-state index contributed by atoms with van der Waals surface area (Å²) in [5.74, 6) is -0.587. The Balaban J connectivity index is 1.49. The van der Waals surface area contributed by atoms with Gasteiger partial charge < -0.3 is 9.15 Å². The van der Waals surface area contributed by atoms with Gasteiger partial charge in [-0.15, -0.1) is 0 Å². The van der Waals surface area contributed by atoms with Crippen LogP contribution < -0.4 is 15.6 Å². The molecule has 2 amide bonds. The van der Waals surface area contributed by atoms with Gasteiger partial charge in [-0.1, -0.05) is 34.1 Å². The van der Waals surface area contributed by atoms with E-state index in [1.54, 1.807) is 24.3 Å². The van der Waals surface area contributed by atoms with Gasteiger partial charge in [0.15, 0.2) is 5.76 Å². The molecule has 6 nitrogen and oxygen atoms in total. The van der Waals surface area contributed by atoms with E-state index in [4.69, 9.17) is 9.15 Å². The highest BCUT2D eigenvalue weighted by molar-refractivity contribution is 9.10. The lowest BCUT2D eigenvalue weighted by Crippen LogP contribution is -2.40. The molecule has 3 aromatic rings. The minimum absolute atomic E-state index is 0.0129. The van der Waals surface area contributed by atoms with E-state index in [1.807, 2.05) is 18.2 Å². The van der Waals surface area contributed by atoms with Crippen LogP contribution >= 0.6 is 15.9 Å². The largest absolute Gasteiger partial charge is 0.486 e. The third kappa shape index (κ3) is 6.05. The number of carbonyl (C=O) groups excluding carboxylic acids is 2. The van der Waals surface area contributed by atoms with Crippen molar-refractivity contribution in [2.75, 3.05) is 0 Å². The second kappa shape index (κ2) is 9.70. The molecule has 0 aliphatic carbocycles. The predicted molar refractivity (Wildman–Crippen MR) is 108 cm³/mol. The van der Waals surface area contributed by atoms with Crippen LogP contribution in [0.5, 0.6) is 5.75 Å². The van der Waals surface area contributed by atoms with Crippen LogP contribution in [0.1, 0.15) is 21.9 Å². The fourth-order valence-electron chi connectivity index (χ4n) is 2.28. The smallest absolute Gasteiger partial charge is 0.305 e. The molecule has 1 aromatic heterocycles. The number of hydrogen-bond donors (Lipinski definition) is 2. The van der Waals surface area contributed by atoms with Crippen molar-refractivity contribution in [3.8, 4) is 5.75 Å². The van der Waals surface area contributed by atoms with Crippen molar-refractivity contribution < 1.29 is 23.1 Å². The Kier molecular flexibility index (Phi) is 6.80. The number of halogens is 2. The first kappa shape index (κ1) is 20.3. The molecular formula is C21H16BrFN2O4. The molecule has 0 atom stereocenters. The van der Waals surface area contributed by atoms with Gasteiger partial charge in [0, 0.05) is 16.1 Å². The van der Waals surface area contributed by atoms with Gasteiger partial charge >= 0.3 is 5.91 Å². The van der Waals surface area contributed by atoms with E-state index in [0.29, 0.717) is 16.0 Å². The number of furan rings is 1. The van der Waals surface area contributed by atoms with Crippen LogP contribution in [0.25, 0.3) is 6.08 Å². The molecular weight excluding hydrogens is 443 g/mol. The summed E-state index contributed by atoms with van der Waals surface area (Å²) in [6.07, 6.45) is 2.40. The number of nitrogens with one attached hydrogen (secondary N) is 2. The number of hydrogen-bond acceptors (Lipinski definition) is 4. The molecule has 0 aliphatic rings. The minimum Gasteiger partial charge on any atom is -0.486 e. The normalized spacial score (nSPS) is 10.7. The van der Waals surface area contributed by atoms with Crippen LogP contribution in [0, 0.1) is 5.82 Å². The molecule has 0 bridgehead atoms. The van der Waals surface area contributed by atoms with Gasteiger partial charge in [0.1, 0.15) is 23.9 Å². The summed E-state index contributed by atoms with van der Waals surface area (Å²) in [7, 11) is 0. The van der Waals surface area contributed by atoms with Gasteiger partial charge in [0.05, 0.1) is 0 Å². The average Bonchev–Trinajstić information content (AvgIpc) is 3.21. The zero-order valence-electron chi connectivity index (χ0n) is 15.0. The highest BCUT2D eigenvalue weighted by atomic mass is 79.9. The zero-order chi connectivity index (χ0) is 20.6. The molecule has 0 spiro atoms. The Morgan fingerprint density at radius 3 is 2.66 bits per heavy atom. The fourth-order valence-corrected chi connectivity index (χ4v) is 2.66. The third-order valence-corrected chi connectivity index (χ3v) is 4.17. The summed E-state index contributed by atoms with van der Waals surface area (Å²) in [5.41, 5.74) is 4.65. The van der Waals surface area contributed by atoms with E-state index in [2.05, 4.69) is 26.8 Å². The lowest BCUT2D eigenvalue weighted by Gasteiger charge is -2.04. The fraction of sp³-hybridized carbons (Fsp3) is 0.0476. The van der Waals surface area contributed by atoms with Crippen molar-refractivity contribution >= 4 is 33.8 Å². The van der Waals surface area contributed by atoms with Crippen molar-refractivity contribution in [2.24, 2.45) is 0 Å². The second-order valence-corrected chi connectivity index (χ2v) is 6.73. The molecule has 0 saturated heterocycles. The second-order valence-electron chi connectivity index (χ2n) is 5.81. The molecule has 0 aliphatic heterocycles. The van der Waals surface area contributed by atoms with Crippen molar-refractivity contribution in [1.82, 2.24) is 10.9 Å². The molecule has 0 fully saturated rings. The maximum atomic E-state index is 13.6. The van der Waals surface area contributed by atoms with Crippen molar-refractivity contribution in [2.45, 2.75) is 6.61 Å². The number of rotatable bonds is 6. The van der Waals surface area contributed by atoms with E-state index < -0.39 is 17.6 Å². The number of ether oxygens (including phenoxy) is 1. The molecule has 148 valence electrons. The number of hydrazine groups is 1. The Hall–Kier alpha value is -3.39. The molecule has 0 saturated carbocycles. The summed E-state index contributed by atoms with van der Waals surface area (Å²) >= 11 is 3.23. The topological polar surface area (TPSA) is 80.6 Å². The Labute approximate surface area is 174 Å². The zero-order valence-corrected chi connectivity index (χ0v) is 16.6. The van der Waals surface area contributed by atoms with Gasteiger partial charge in [0.2, 0.25) is 0 Å². The SMILES string of the molecule is O=C(/C=C/c1cc(Br)ccc1F)NNC(=O)c1ccc(COc2ccccc2)o1. The van der Waals surface area contributed by atoms with Crippen LogP contribution in [-0.2, 0) is 11.4 Å². The van der Waals surface area contributed by atoms with E-state index >= 15 is 0 Å². The van der Waals surface area contributed by atoms with Gasteiger partial charge in [0.25, 0.3) is 5.91 Å². The molecule has 0 unspecified atom stereocenters. The molecule has 2 aromatic carbocycles. The van der Waals surface area contributed by atoms with E-state index in [-0.39, 0.29) is 17.9 Å². The first-order valence-corrected chi connectivity index (χ1v) is 9.30. The monoisotopic (exact) mass is 458 g/mol. The van der Waals surface area contributed by atoms with E-state index in [9.17, 15) is 14.0 Å². The van der Waals surface area contributed by atoms with Crippen LogP contribution in [0.4, 0.5) is 4.39 Å². The average molecular weight is 459 g/mol. The predicted octanol–water partition coefficient (Wildman–Crippen LogP) is 4.23. The van der Waals surface area contributed by atoms with Crippen molar-refractivity contribution in [1.29, 1.82) is 0 Å². The van der Waals surface area contributed by atoms with Gasteiger partial charge in [-0.3, -0.25) is 20.4 Å². The number of carbonyl (C=O) groups is 2. The highest BCUT2D eigenvalue weighted by Crippen LogP contribution is 2.17. The number of benzene rings is 2. The van der Waals surface area contributed by atoms with Gasteiger partial charge in [-0.2, -0.15) is 0 Å². The molecule has 1 heterocycles. The molecule has 0 radical (unpaired) electrons. The van der Waals surface area contributed by atoms with Crippen LogP contribution in [0.3, 0.4) is 0 Å². The third-order valence-electron chi connectivity index (χ3n) is 3.68. The van der Waals surface area contributed by atoms with E-state index in [1.165, 1.54) is 24.3 Å². The van der Waals surface area contributed by atoms with Crippen LogP contribution in [0.2, 0.25) is 0 Å². The van der Waals surface area contributed by atoms with Crippen LogP contribution in [0.15, 0.2) is 75.6 Å². The lowest BCUT2D eigenvalue weighted by molar-refractivity contribution is -0.117. The van der Waals surface area contributed by atoms with E-state index in [0.717, 1.165) is 6.08 Å². The van der Waals surface area contributed by atoms with Crippen molar-refractivity contribution in [3.63, 3.8) is 0 Å². The standard InChI is InChI=1S/C21H16BrFN2O4/c22-15-7-9-18(23)14(12-15)6-11-20(26)24-25-21(27)19-10-8-17(29-19)13-28-16-4-2-1-3-5-16/h1-12H,13H2,(H,24,26)(H,25,27)/b11-6+. The van der Waals surface area contributed by atoms with Crippen molar-refractivity contribution in [3.05, 3.63) is 94.1 Å². The summed E-state index contributed by atoms with van der Waals surface area (Å²) in [4.78, 5) is 23.9. The number of amides is 2. The maximum Gasteiger partial charge on any atom is 0.305 e. The van der Waals surface area contributed by atoms with Gasteiger partial charge in [-0.05, 0) is 48.5 Å². The Morgan fingerprint density at radius 1 is 1.07 bits per heavy atom. The Bertz CT molecular complexity index is 1030. The molecule has 3 rings (SSSR count). The molecule has 8 heteroatoms. The Morgan fingerprint density at radius 2 is 1.86 bits per heavy atom. The molecule has 29 heavy (non-hydrogen) atoms. The summed E-state index contributed by atoms with van der Waals surface area (Å²) in [5, 5.41) is 0. The summed E-state index contributed by atoms with van der Waals surface area (Å²) in [6.45, 7) is 0.157. The number of para-hydroxylation sites is 1. The quantitative estimate of drug-likeness (QED) is 0.427. The maximum absolute atomic E-state index is 13.6. The first-order chi connectivity index (χ1) is 14.0. The lowest BCUT2D eigenvalue weighted by atomic mass is 10.2. The minimum atomic E-state index is -0.633. The van der Waals surface area contributed by atoms with Crippen LogP contribution in [-0.4, -0.2) is 11.8 Å². The molecule has 2 N–H and O–H groups in total. The summed E-state index contributed by atoms with van der Waals surface area (Å²) < 4.78 is 25.2. The van der Waals surface area contributed by atoms with Gasteiger partial charge in [-0.25, -0.2) is 4.39 Å².